The van der Waals surface area contributed by atoms with Crippen LogP contribution in [0.15, 0.2) is 0 Å². The van der Waals surface area contributed by atoms with Gasteiger partial charge in [-0.2, -0.15) is 0 Å². The van der Waals surface area contributed by atoms with Gasteiger partial charge in [0.25, 0.3) is 0 Å². The molecule has 2 saturated carbocycles. The van der Waals surface area contributed by atoms with Crippen LogP contribution in [0, 0.1) is 23.2 Å². The summed E-state index contributed by atoms with van der Waals surface area (Å²) in [4.78, 5) is 11.9. The predicted octanol–water partition coefficient (Wildman–Crippen LogP) is 3.43. The van der Waals surface area contributed by atoms with Gasteiger partial charge in [-0.25, -0.2) is 0 Å². The van der Waals surface area contributed by atoms with E-state index in [4.69, 9.17) is 0 Å². The van der Waals surface area contributed by atoms with Gasteiger partial charge in [0.15, 0.2) is 0 Å². The second-order valence-electron chi connectivity index (χ2n) is 6.31. The Balaban J connectivity index is 1.90. The number of Topliss-reactive ketones (excluding diaryl/α,β-unsaturated/α-hetero) is 1. The Labute approximate surface area is 87.3 Å². The molecule has 0 heterocycles. The lowest BCUT2D eigenvalue weighted by molar-refractivity contribution is -0.127. The molecule has 0 spiro atoms. The van der Waals surface area contributed by atoms with Gasteiger partial charge in [0.05, 0.1) is 0 Å². The van der Waals surface area contributed by atoms with Gasteiger partial charge in [0.2, 0.25) is 0 Å². The topological polar surface area (TPSA) is 17.1 Å². The minimum absolute atomic E-state index is 0.123. The summed E-state index contributed by atoms with van der Waals surface area (Å²) in [6.45, 7) is 6.13. The van der Waals surface area contributed by atoms with Crippen LogP contribution in [0.5, 0.6) is 0 Å². The van der Waals surface area contributed by atoms with Crippen LogP contribution in [0.1, 0.15) is 52.9 Å². The molecule has 0 aromatic rings. The Bertz CT molecular complexity index is 236. The first kappa shape index (κ1) is 10.2. The predicted molar refractivity (Wildman–Crippen MR) is 58.0 cm³/mol. The summed E-state index contributed by atoms with van der Waals surface area (Å²) in [7, 11) is 0. The molecule has 2 aliphatic rings. The van der Waals surface area contributed by atoms with Crippen molar-refractivity contribution >= 4 is 5.78 Å². The van der Waals surface area contributed by atoms with E-state index >= 15 is 0 Å². The molecule has 2 fully saturated rings. The van der Waals surface area contributed by atoms with E-state index in [2.05, 4.69) is 0 Å². The Morgan fingerprint density at radius 3 is 2.36 bits per heavy atom. The normalized spacial score (nSPS) is 36.4. The Morgan fingerprint density at radius 1 is 1.21 bits per heavy atom. The average molecular weight is 194 g/mol. The summed E-state index contributed by atoms with van der Waals surface area (Å²) >= 11 is 0. The third kappa shape index (κ3) is 1.87. The average Bonchev–Trinajstić information content (AvgIpc) is 2.62. The fourth-order valence-corrected chi connectivity index (χ4v) is 3.17. The molecule has 0 aliphatic heterocycles. The molecule has 80 valence electrons. The highest BCUT2D eigenvalue weighted by molar-refractivity contribution is 5.83. The van der Waals surface area contributed by atoms with Gasteiger partial charge in [-0.05, 0) is 37.0 Å². The third-order valence-corrected chi connectivity index (χ3v) is 4.17. The molecule has 3 unspecified atom stereocenters. The van der Waals surface area contributed by atoms with Crippen LogP contribution in [-0.4, -0.2) is 5.78 Å². The lowest BCUT2D eigenvalue weighted by atomic mass is 9.79. The molecule has 2 aliphatic carbocycles. The number of ketones is 1. The van der Waals surface area contributed by atoms with Crippen LogP contribution in [0.4, 0.5) is 0 Å². The summed E-state index contributed by atoms with van der Waals surface area (Å²) in [6, 6.07) is 0. The highest BCUT2D eigenvalue weighted by Crippen LogP contribution is 2.50. The molecule has 1 heteroatoms. The lowest BCUT2D eigenvalue weighted by Gasteiger charge is -2.24. The van der Waals surface area contributed by atoms with Crippen LogP contribution in [-0.2, 0) is 4.79 Å². The number of rotatable bonds is 2. The summed E-state index contributed by atoms with van der Waals surface area (Å²) in [5, 5.41) is 0. The van der Waals surface area contributed by atoms with E-state index in [0.29, 0.717) is 5.78 Å². The molecular formula is C13H22O. The molecule has 0 aromatic carbocycles. The first-order valence-corrected chi connectivity index (χ1v) is 6.00. The van der Waals surface area contributed by atoms with Gasteiger partial charge in [-0.3, -0.25) is 4.79 Å². The summed E-state index contributed by atoms with van der Waals surface area (Å²) in [6.07, 6.45) is 6.44. The second-order valence-corrected chi connectivity index (χ2v) is 6.31. The van der Waals surface area contributed by atoms with E-state index in [1.54, 1.807) is 0 Å². The molecule has 14 heavy (non-hydrogen) atoms. The monoisotopic (exact) mass is 194 g/mol. The molecule has 0 aromatic heterocycles. The summed E-state index contributed by atoms with van der Waals surface area (Å²) in [5.41, 5.74) is -0.123. The number of fused-ring (bicyclic) bond motifs is 2. The number of hydrogen-bond acceptors (Lipinski definition) is 1. The van der Waals surface area contributed by atoms with Gasteiger partial charge >= 0.3 is 0 Å². The van der Waals surface area contributed by atoms with Crippen molar-refractivity contribution < 1.29 is 4.79 Å². The van der Waals surface area contributed by atoms with E-state index in [1.807, 2.05) is 20.8 Å². The molecule has 0 N–H and O–H groups in total. The number of carbonyl (C=O) groups excluding carboxylic acids is 1. The quantitative estimate of drug-likeness (QED) is 0.658. The maximum Gasteiger partial charge on any atom is 0.138 e. The molecule has 0 saturated heterocycles. The standard InChI is InChI=1S/C13H22O/c1-13(2,3)12(14)8-11-7-9-4-5-10(11)6-9/h9-11H,4-8H2,1-3H3. The van der Waals surface area contributed by atoms with Crippen LogP contribution >= 0.6 is 0 Å². The van der Waals surface area contributed by atoms with Gasteiger partial charge < -0.3 is 0 Å². The summed E-state index contributed by atoms with van der Waals surface area (Å²) < 4.78 is 0. The van der Waals surface area contributed by atoms with Crippen molar-refractivity contribution in [3.05, 3.63) is 0 Å². The van der Waals surface area contributed by atoms with Gasteiger partial charge in [-0.1, -0.05) is 27.2 Å². The van der Waals surface area contributed by atoms with E-state index in [9.17, 15) is 4.79 Å². The van der Waals surface area contributed by atoms with Crippen LogP contribution < -0.4 is 0 Å². The first-order valence-electron chi connectivity index (χ1n) is 6.00. The highest BCUT2D eigenvalue weighted by Gasteiger charge is 2.41. The smallest absolute Gasteiger partial charge is 0.138 e. The molecule has 0 radical (unpaired) electrons. The van der Waals surface area contributed by atoms with Gasteiger partial charge in [0, 0.05) is 11.8 Å². The zero-order valence-electron chi connectivity index (χ0n) is 9.68. The minimum atomic E-state index is -0.123. The Kier molecular flexibility index (Phi) is 2.45. The van der Waals surface area contributed by atoms with E-state index in [-0.39, 0.29) is 5.41 Å². The van der Waals surface area contributed by atoms with Crippen LogP contribution in [0.3, 0.4) is 0 Å². The SMILES string of the molecule is CC(C)(C)C(=O)CC1CC2CCC1C2. The highest BCUT2D eigenvalue weighted by atomic mass is 16.1. The van der Waals surface area contributed by atoms with Crippen molar-refractivity contribution in [2.24, 2.45) is 23.2 Å². The van der Waals surface area contributed by atoms with E-state index in [0.717, 1.165) is 24.2 Å². The van der Waals surface area contributed by atoms with Crippen molar-refractivity contribution in [2.75, 3.05) is 0 Å². The van der Waals surface area contributed by atoms with Crippen molar-refractivity contribution in [3.63, 3.8) is 0 Å². The molecule has 0 amide bonds. The first-order chi connectivity index (χ1) is 6.47. The van der Waals surface area contributed by atoms with Crippen molar-refractivity contribution in [2.45, 2.75) is 52.9 Å². The van der Waals surface area contributed by atoms with Gasteiger partial charge in [-0.15, -0.1) is 0 Å². The maximum absolute atomic E-state index is 11.9. The Morgan fingerprint density at radius 2 is 1.93 bits per heavy atom. The number of carbonyl (C=O) groups is 1. The molecule has 3 atom stereocenters. The van der Waals surface area contributed by atoms with Crippen molar-refractivity contribution in [3.8, 4) is 0 Å². The number of hydrogen-bond donors (Lipinski definition) is 0. The molecule has 2 rings (SSSR count). The van der Waals surface area contributed by atoms with Gasteiger partial charge in [0.1, 0.15) is 5.78 Å². The third-order valence-electron chi connectivity index (χ3n) is 4.17. The minimum Gasteiger partial charge on any atom is -0.299 e. The summed E-state index contributed by atoms with van der Waals surface area (Å²) in [5.74, 6) is 3.07. The zero-order chi connectivity index (χ0) is 10.3. The van der Waals surface area contributed by atoms with E-state index in [1.165, 1.54) is 25.7 Å². The van der Waals surface area contributed by atoms with Crippen LogP contribution in [0.2, 0.25) is 0 Å². The molecule has 2 bridgehead atoms. The lowest BCUT2D eigenvalue weighted by Crippen LogP contribution is -2.25. The van der Waals surface area contributed by atoms with E-state index < -0.39 is 0 Å². The van der Waals surface area contributed by atoms with Crippen molar-refractivity contribution in [1.29, 1.82) is 0 Å². The van der Waals surface area contributed by atoms with Crippen molar-refractivity contribution in [1.82, 2.24) is 0 Å². The fourth-order valence-electron chi connectivity index (χ4n) is 3.17. The second kappa shape index (κ2) is 3.36. The fraction of sp³-hybridized carbons (Fsp3) is 0.923. The maximum atomic E-state index is 11.9. The largest absolute Gasteiger partial charge is 0.299 e. The Hall–Kier alpha value is -0.330. The molecular weight excluding hydrogens is 172 g/mol. The zero-order valence-corrected chi connectivity index (χ0v) is 9.68. The molecule has 1 nitrogen and oxygen atoms in total. The van der Waals surface area contributed by atoms with Crippen LogP contribution in [0.25, 0.3) is 0 Å².